The average Bonchev–Trinajstić information content (AvgIpc) is 2.97. The Morgan fingerprint density at radius 3 is 2.59 bits per heavy atom. The Hall–Kier alpha value is -1.70. The highest BCUT2D eigenvalue weighted by Gasteiger charge is 2.25. The van der Waals surface area contributed by atoms with Gasteiger partial charge in [0.05, 0.1) is 0 Å². The van der Waals surface area contributed by atoms with Gasteiger partial charge in [0.1, 0.15) is 9.09 Å². The van der Waals surface area contributed by atoms with Crippen molar-refractivity contribution in [2.75, 3.05) is 0 Å². The van der Waals surface area contributed by atoms with Crippen LogP contribution in [-0.4, -0.2) is 25.5 Å². The summed E-state index contributed by atoms with van der Waals surface area (Å²) in [4.78, 5) is 10.9. The van der Waals surface area contributed by atoms with Gasteiger partial charge in [-0.3, -0.25) is 0 Å². The van der Waals surface area contributed by atoms with Crippen LogP contribution >= 0.6 is 11.3 Å². The predicted molar refractivity (Wildman–Crippen MR) is 83.9 cm³/mol. The molecule has 0 bridgehead atoms. The lowest BCUT2D eigenvalue weighted by Crippen LogP contribution is -2.38. The molecular formula is C15H15NO4S2. The van der Waals surface area contributed by atoms with E-state index in [4.69, 9.17) is 5.11 Å². The third-order valence-electron chi connectivity index (χ3n) is 3.73. The number of fused-ring (bicyclic) bond motifs is 1. The molecule has 0 aliphatic heterocycles. The molecule has 1 aromatic carbocycles. The van der Waals surface area contributed by atoms with Gasteiger partial charge < -0.3 is 5.11 Å². The monoisotopic (exact) mass is 337 g/mol. The zero-order chi connectivity index (χ0) is 15.7. The van der Waals surface area contributed by atoms with Crippen molar-refractivity contribution in [2.45, 2.75) is 29.5 Å². The third-order valence-corrected chi connectivity index (χ3v) is 6.81. The maximum atomic E-state index is 12.4. The van der Waals surface area contributed by atoms with Crippen LogP contribution in [0.1, 0.15) is 27.2 Å². The highest BCUT2D eigenvalue weighted by Crippen LogP contribution is 2.25. The van der Waals surface area contributed by atoms with Gasteiger partial charge in [-0.25, -0.2) is 17.9 Å². The molecule has 1 aromatic heterocycles. The molecule has 1 aliphatic rings. The van der Waals surface area contributed by atoms with E-state index in [1.807, 2.05) is 18.2 Å². The molecule has 5 nitrogen and oxygen atoms in total. The summed E-state index contributed by atoms with van der Waals surface area (Å²) in [6.45, 7) is 0. The normalized spacial score (nSPS) is 17.9. The molecule has 7 heteroatoms. The first kappa shape index (κ1) is 15.2. The fourth-order valence-corrected chi connectivity index (χ4v) is 5.09. The smallest absolute Gasteiger partial charge is 0.345 e. The van der Waals surface area contributed by atoms with E-state index in [0.717, 1.165) is 24.2 Å². The number of carboxylic acid groups (broad SMARTS) is 1. The van der Waals surface area contributed by atoms with Crippen molar-refractivity contribution in [3.8, 4) is 0 Å². The Balaban J connectivity index is 1.76. The fourth-order valence-electron chi connectivity index (χ4n) is 2.66. The molecule has 0 spiro atoms. The van der Waals surface area contributed by atoms with Crippen LogP contribution in [0.15, 0.2) is 40.6 Å². The first-order chi connectivity index (χ1) is 10.5. The molecule has 0 amide bonds. The summed E-state index contributed by atoms with van der Waals surface area (Å²) < 4.78 is 27.4. The van der Waals surface area contributed by atoms with Crippen LogP contribution in [0.2, 0.25) is 0 Å². The van der Waals surface area contributed by atoms with Crippen LogP contribution < -0.4 is 4.72 Å². The quantitative estimate of drug-likeness (QED) is 0.896. The number of carboxylic acids is 1. The Labute approximate surface area is 132 Å². The van der Waals surface area contributed by atoms with Crippen molar-refractivity contribution in [2.24, 2.45) is 0 Å². The first-order valence-electron chi connectivity index (χ1n) is 6.88. The summed E-state index contributed by atoms with van der Waals surface area (Å²) in [7, 11) is -3.67. The molecule has 0 saturated carbocycles. The number of aryl methyl sites for hydroxylation is 1. The van der Waals surface area contributed by atoms with Crippen molar-refractivity contribution in [3.63, 3.8) is 0 Å². The summed E-state index contributed by atoms with van der Waals surface area (Å²) in [5, 5.41) is 8.89. The van der Waals surface area contributed by atoms with Crippen LogP contribution in [0.5, 0.6) is 0 Å². The average molecular weight is 337 g/mol. The highest BCUT2D eigenvalue weighted by atomic mass is 32.2. The van der Waals surface area contributed by atoms with Crippen LogP contribution in [0.25, 0.3) is 0 Å². The third kappa shape index (κ3) is 3.06. The maximum Gasteiger partial charge on any atom is 0.345 e. The first-order valence-corrected chi connectivity index (χ1v) is 9.18. The molecule has 0 radical (unpaired) electrons. The minimum atomic E-state index is -3.67. The summed E-state index contributed by atoms with van der Waals surface area (Å²) in [6.07, 6.45) is 2.24. The molecule has 1 unspecified atom stereocenters. The van der Waals surface area contributed by atoms with Crippen molar-refractivity contribution >= 4 is 27.3 Å². The van der Waals surface area contributed by atoms with Gasteiger partial charge in [-0.1, -0.05) is 24.3 Å². The number of nitrogens with one attached hydrogen (secondary N) is 1. The lowest BCUT2D eigenvalue weighted by Gasteiger charge is -2.25. The molecule has 116 valence electrons. The molecule has 2 N–H and O–H groups in total. The van der Waals surface area contributed by atoms with Crippen molar-refractivity contribution < 1.29 is 18.3 Å². The zero-order valence-electron chi connectivity index (χ0n) is 11.7. The van der Waals surface area contributed by atoms with E-state index in [0.29, 0.717) is 6.42 Å². The molecule has 22 heavy (non-hydrogen) atoms. The van der Waals surface area contributed by atoms with Crippen molar-refractivity contribution in [3.05, 3.63) is 52.4 Å². The summed E-state index contributed by atoms with van der Waals surface area (Å²) in [5.74, 6) is -1.11. The van der Waals surface area contributed by atoms with Gasteiger partial charge in [0.2, 0.25) is 10.0 Å². The molecule has 1 atom stereocenters. The molecule has 1 aliphatic carbocycles. The van der Waals surface area contributed by atoms with E-state index < -0.39 is 16.0 Å². The summed E-state index contributed by atoms with van der Waals surface area (Å²) in [5.41, 5.74) is 2.43. The van der Waals surface area contributed by atoms with Crippen LogP contribution in [0.4, 0.5) is 0 Å². The lowest BCUT2D eigenvalue weighted by molar-refractivity contribution is 0.0702. The highest BCUT2D eigenvalue weighted by molar-refractivity contribution is 7.91. The second kappa shape index (κ2) is 5.83. The van der Waals surface area contributed by atoms with E-state index >= 15 is 0 Å². The number of thiophene rings is 1. The molecular weight excluding hydrogens is 322 g/mol. The van der Waals surface area contributed by atoms with E-state index in [1.165, 1.54) is 23.3 Å². The number of hydrogen-bond donors (Lipinski definition) is 2. The van der Waals surface area contributed by atoms with Crippen LogP contribution in [-0.2, 0) is 22.9 Å². The number of hydrogen-bond acceptors (Lipinski definition) is 4. The predicted octanol–water partition coefficient (Wildman–Crippen LogP) is 2.28. The Bertz CT molecular complexity index is 810. The lowest BCUT2D eigenvalue weighted by atomic mass is 9.89. The molecule has 0 saturated heterocycles. The topological polar surface area (TPSA) is 83.5 Å². The SMILES string of the molecule is O=C(O)c1ccc(S(=O)(=O)NC2CCc3ccccc3C2)s1. The van der Waals surface area contributed by atoms with E-state index in [-0.39, 0.29) is 15.1 Å². The number of sulfonamides is 1. The maximum absolute atomic E-state index is 12.4. The molecule has 2 aromatic rings. The van der Waals surface area contributed by atoms with Crippen molar-refractivity contribution in [1.82, 2.24) is 4.72 Å². The number of benzene rings is 1. The zero-order valence-corrected chi connectivity index (χ0v) is 13.3. The van der Waals surface area contributed by atoms with Gasteiger partial charge in [-0.05, 0) is 42.5 Å². The number of aromatic carboxylic acids is 1. The minimum absolute atomic E-state index is 0.0226. The Kier molecular flexibility index (Phi) is 4.03. The van der Waals surface area contributed by atoms with Crippen LogP contribution in [0.3, 0.4) is 0 Å². The Morgan fingerprint density at radius 2 is 1.91 bits per heavy atom. The largest absolute Gasteiger partial charge is 0.477 e. The summed E-state index contributed by atoms with van der Waals surface area (Å²) in [6, 6.07) is 10.5. The Morgan fingerprint density at radius 1 is 1.18 bits per heavy atom. The van der Waals surface area contributed by atoms with Gasteiger partial charge in [-0.2, -0.15) is 0 Å². The fraction of sp³-hybridized carbons (Fsp3) is 0.267. The minimum Gasteiger partial charge on any atom is -0.477 e. The van der Waals surface area contributed by atoms with E-state index in [9.17, 15) is 13.2 Å². The van der Waals surface area contributed by atoms with Gasteiger partial charge in [-0.15, -0.1) is 11.3 Å². The molecule has 1 heterocycles. The summed E-state index contributed by atoms with van der Waals surface area (Å²) >= 11 is 0.772. The van der Waals surface area contributed by atoms with Crippen LogP contribution in [0, 0.1) is 0 Å². The van der Waals surface area contributed by atoms with Gasteiger partial charge in [0.25, 0.3) is 0 Å². The molecule has 0 fully saturated rings. The van der Waals surface area contributed by atoms with E-state index in [1.54, 1.807) is 0 Å². The number of rotatable bonds is 4. The van der Waals surface area contributed by atoms with Gasteiger partial charge >= 0.3 is 5.97 Å². The molecule has 3 rings (SSSR count). The number of carbonyl (C=O) groups is 1. The van der Waals surface area contributed by atoms with Gasteiger partial charge in [0, 0.05) is 6.04 Å². The second-order valence-electron chi connectivity index (χ2n) is 5.25. The van der Waals surface area contributed by atoms with Crippen molar-refractivity contribution in [1.29, 1.82) is 0 Å². The van der Waals surface area contributed by atoms with E-state index in [2.05, 4.69) is 10.8 Å². The van der Waals surface area contributed by atoms with Gasteiger partial charge in [0.15, 0.2) is 0 Å². The standard InChI is InChI=1S/C15H15NO4S2/c17-15(18)13-7-8-14(21-13)22(19,20)16-12-6-5-10-3-1-2-4-11(10)9-12/h1-4,7-8,12,16H,5-6,9H2,(H,17,18). The second-order valence-corrected chi connectivity index (χ2v) is 8.28.